The van der Waals surface area contributed by atoms with Crippen molar-refractivity contribution in [3.8, 4) is 17.1 Å². The van der Waals surface area contributed by atoms with Crippen molar-refractivity contribution in [3.63, 3.8) is 0 Å². The lowest BCUT2D eigenvalue weighted by Crippen LogP contribution is -2.23. The maximum atomic E-state index is 5.47. The third-order valence-electron chi connectivity index (χ3n) is 4.13. The number of ether oxygens (including phenoxy) is 1. The molecule has 4 heterocycles. The molecule has 1 atom stereocenters. The summed E-state index contributed by atoms with van der Waals surface area (Å²) >= 11 is 0. The Morgan fingerprint density at radius 3 is 2.79 bits per heavy atom. The monoisotopic (exact) mass is 322 g/mol. The van der Waals surface area contributed by atoms with Gasteiger partial charge in [-0.15, -0.1) is 0 Å². The van der Waals surface area contributed by atoms with Gasteiger partial charge in [-0.1, -0.05) is 0 Å². The van der Waals surface area contributed by atoms with Crippen LogP contribution in [0.1, 0.15) is 6.42 Å². The van der Waals surface area contributed by atoms with Crippen molar-refractivity contribution in [1.29, 1.82) is 0 Å². The van der Waals surface area contributed by atoms with Crippen LogP contribution < -0.4 is 15.4 Å². The van der Waals surface area contributed by atoms with Gasteiger partial charge < -0.3 is 15.4 Å². The standard InChI is InChI=1S/C17H18N6O/c1-24-14-10-20-9-13-15(14)17(21-12-4-7-19-8-12)23-16(22-13)11-2-5-18-6-3-11/h2-3,5-6,9-10,12,19H,4,7-8H2,1H3,(H,21,22,23). The predicted octanol–water partition coefficient (Wildman–Crippen LogP) is 1.87. The summed E-state index contributed by atoms with van der Waals surface area (Å²) in [6, 6.07) is 4.14. The van der Waals surface area contributed by atoms with Crippen molar-refractivity contribution in [3.05, 3.63) is 36.9 Å². The molecule has 4 rings (SSSR count). The highest BCUT2D eigenvalue weighted by molar-refractivity contribution is 5.95. The van der Waals surface area contributed by atoms with Gasteiger partial charge in [-0.2, -0.15) is 0 Å². The lowest BCUT2D eigenvalue weighted by molar-refractivity contribution is 0.418. The molecular formula is C17H18N6O. The average molecular weight is 322 g/mol. The summed E-state index contributed by atoms with van der Waals surface area (Å²) in [6.07, 6.45) is 7.96. The van der Waals surface area contributed by atoms with Gasteiger partial charge in [0, 0.05) is 30.5 Å². The molecule has 0 aliphatic carbocycles. The van der Waals surface area contributed by atoms with Crippen LogP contribution >= 0.6 is 0 Å². The molecule has 0 saturated carbocycles. The maximum Gasteiger partial charge on any atom is 0.162 e. The van der Waals surface area contributed by atoms with Gasteiger partial charge in [0.05, 0.1) is 30.4 Å². The molecule has 1 aliphatic rings. The Bertz CT molecular complexity index is 848. The molecule has 3 aromatic heterocycles. The van der Waals surface area contributed by atoms with Gasteiger partial charge in [-0.05, 0) is 25.1 Å². The number of nitrogens with one attached hydrogen (secondary N) is 2. The van der Waals surface area contributed by atoms with E-state index in [4.69, 9.17) is 9.72 Å². The van der Waals surface area contributed by atoms with E-state index in [2.05, 4.69) is 25.6 Å². The molecule has 24 heavy (non-hydrogen) atoms. The highest BCUT2D eigenvalue weighted by atomic mass is 16.5. The fourth-order valence-electron chi connectivity index (χ4n) is 2.92. The first-order chi connectivity index (χ1) is 11.8. The number of anilines is 1. The van der Waals surface area contributed by atoms with E-state index in [9.17, 15) is 0 Å². The second-order valence-electron chi connectivity index (χ2n) is 5.70. The van der Waals surface area contributed by atoms with Crippen LogP contribution in [0.4, 0.5) is 5.82 Å². The molecule has 2 N–H and O–H groups in total. The van der Waals surface area contributed by atoms with Gasteiger partial charge >= 0.3 is 0 Å². The van der Waals surface area contributed by atoms with Crippen LogP contribution in [0.2, 0.25) is 0 Å². The number of pyridine rings is 2. The van der Waals surface area contributed by atoms with E-state index in [-0.39, 0.29) is 0 Å². The number of hydrogen-bond donors (Lipinski definition) is 2. The van der Waals surface area contributed by atoms with E-state index in [1.165, 1.54) is 0 Å². The highest BCUT2D eigenvalue weighted by Crippen LogP contribution is 2.31. The van der Waals surface area contributed by atoms with E-state index in [1.54, 1.807) is 31.9 Å². The summed E-state index contributed by atoms with van der Waals surface area (Å²) in [6.45, 7) is 1.93. The molecule has 1 saturated heterocycles. The minimum Gasteiger partial charge on any atom is -0.494 e. The van der Waals surface area contributed by atoms with Crippen molar-refractivity contribution in [2.75, 3.05) is 25.5 Å². The summed E-state index contributed by atoms with van der Waals surface area (Å²) < 4.78 is 5.47. The first-order valence-electron chi connectivity index (χ1n) is 7.92. The quantitative estimate of drug-likeness (QED) is 0.758. The molecule has 0 amide bonds. The Hall–Kier alpha value is -2.80. The minimum atomic E-state index is 0.339. The predicted molar refractivity (Wildman–Crippen MR) is 92.0 cm³/mol. The van der Waals surface area contributed by atoms with Crippen LogP contribution in [0.3, 0.4) is 0 Å². The van der Waals surface area contributed by atoms with Crippen LogP contribution in [-0.2, 0) is 0 Å². The van der Waals surface area contributed by atoms with Crippen LogP contribution in [0, 0.1) is 0 Å². The summed E-state index contributed by atoms with van der Waals surface area (Å²) in [5.74, 6) is 2.09. The number of aromatic nitrogens is 4. The Morgan fingerprint density at radius 2 is 2.04 bits per heavy atom. The number of methoxy groups -OCH3 is 1. The van der Waals surface area contributed by atoms with Crippen LogP contribution in [0.15, 0.2) is 36.9 Å². The summed E-state index contributed by atoms with van der Waals surface area (Å²) in [5, 5.41) is 7.75. The van der Waals surface area contributed by atoms with Crippen molar-refractivity contribution < 1.29 is 4.74 Å². The number of nitrogens with zero attached hydrogens (tertiary/aromatic N) is 4. The Kier molecular flexibility index (Phi) is 3.92. The van der Waals surface area contributed by atoms with Gasteiger partial charge in [0.25, 0.3) is 0 Å². The van der Waals surface area contributed by atoms with Gasteiger partial charge in [-0.25, -0.2) is 9.97 Å². The average Bonchev–Trinajstić information content (AvgIpc) is 3.14. The van der Waals surface area contributed by atoms with E-state index in [0.29, 0.717) is 17.6 Å². The maximum absolute atomic E-state index is 5.47. The Balaban J connectivity index is 1.87. The van der Waals surface area contributed by atoms with E-state index in [0.717, 1.165) is 41.8 Å². The zero-order chi connectivity index (χ0) is 16.4. The van der Waals surface area contributed by atoms with Gasteiger partial charge in [0.15, 0.2) is 5.82 Å². The van der Waals surface area contributed by atoms with Crippen molar-refractivity contribution in [2.45, 2.75) is 12.5 Å². The third kappa shape index (κ3) is 2.74. The molecule has 122 valence electrons. The lowest BCUT2D eigenvalue weighted by atomic mass is 10.2. The van der Waals surface area contributed by atoms with Crippen molar-refractivity contribution >= 4 is 16.7 Å². The normalized spacial score (nSPS) is 17.1. The molecule has 0 radical (unpaired) electrons. The summed E-state index contributed by atoms with van der Waals surface area (Å²) in [4.78, 5) is 17.7. The van der Waals surface area contributed by atoms with Crippen molar-refractivity contribution in [1.82, 2.24) is 25.3 Å². The topological polar surface area (TPSA) is 84.9 Å². The van der Waals surface area contributed by atoms with Gasteiger partial charge in [0.2, 0.25) is 0 Å². The zero-order valence-electron chi connectivity index (χ0n) is 13.4. The van der Waals surface area contributed by atoms with E-state index in [1.807, 2.05) is 12.1 Å². The first kappa shape index (κ1) is 14.8. The third-order valence-corrected chi connectivity index (χ3v) is 4.13. The fourth-order valence-corrected chi connectivity index (χ4v) is 2.92. The Labute approximate surface area is 139 Å². The summed E-state index contributed by atoms with van der Waals surface area (Å²) in [7, 11) is 1.63. The second-order valence-corrected chi connectivity index (χ2v) is 5.70. The number of rotatable bonds is 4. The molecular weight excluding hydrogens is 304 g/mol. The van der Waals surface area contributed by atoms with Gasteiger partial charge in [0.1, 0.15) is 11.6 Å². The van der Waals surface area contributed by atoms with Crippen molar-refractivity contribution in [2.24, 2.45) is 0 Å². The minimum absolute atomic E-state index is 0.339. The van der Waals surface area contributed by atoms with E-state index < -0.39 is 0 Å². The van der Waals surface area contributed by atoms with E-state index >= 15 is 0 Å². The van der Waals surface area contributed by atoms with Gasteiger partial charge in [-0.3, -0.25) is 9.97 Å². The first-order valence-corrected chi connectivity index (χ1v) is 7.92. The molecule has 0 bridgehead atoms. The second kappa shape index (κ2) is 6.37. The molecule has 0 aromatic carbocycles. The van der Waals surface area contributed by atoms with Crippen LogP contribution in [0.25, 0.3) is 22.3 Å². The molecule has 0 spiro atoms. The van der Waals surface area contributed by atoms with Crippen LogP contribution in [-0.4, -0.2) is 46.2 Å². The zero-order valence-corrected chi connectivity index (χ0v) is 13.4. The number of fused-ring (bicyclic) bond motifs is 1. The summed E-state index contributed by atoms with van der Waals surface area (Å²) in [5.41, 5.74) is 1.67. The molecule has 7 heteroatoms. The molecule has 1 aliphatic heterocycles. The highest BCUT2D eigenvalue weighted by Gasteiger charge is 2.19. The fraction of sp³-hybridized carbons (Fsp3) is 0.294. The lowest BCUT2D eigenvalue weighted by Gasteiger charge is -2.16. The molecule has 1 unspecified atom stereocenters. The largest absolute Gasteiger partial charge is 0.494 e. The van der Waals surface area contributed by atoms with Crippen LogP contribution in [0.5, 0.6) is 5.75 Å². The molecule has 1 fully saturated rings. The Morgan fingerprint density at radius 1 is 1.17 bits per heavy atom. The number of hydrogen-bond acceptors (Lipinski definition) is 7. The molecule has 7 nitrogen and oxygen atoms in total. The smallest absolute Gasteiger partial charge is 0.162 e. The molecule has 3 aromatic rings. The SMILES string of the molecule is COc1cncc2nc(-c3ccncc3)nc(NC3CCNC3)c12.